The molecule has 2 rings (SSSR count). The molecular formula is C14H17NO5S. The molecule has 0 spiro atoms. The Bertz CT molecular complexity index is 522. The van der Waals surface area contributed by atoms with E-state index >= 15 is 0 Å². The number of hydrogen-bond donors (Lipinski definition) is 2. The standard InChI is InChI=1S/C14H17NO5S/c1-9-13(14(18)15-6-7-21-8-12(16)17)20-11-5-3-2-4-10(11)19-9/h2-5,9,13H,6-8H2,1H3,(H,15,18)(H,16,17). The number of carbonyl (C=O) groups excluding carboxylic acids is 1. The van der Waals surface area contributed by atoms with Crippen molar-refractivity contribution >= 4 is 23.6 Å². The minimum atomic E-state index is -0.861. The van der Waals surface area contributed by atoms with Crippen LogP contribution in [0, 0.1) is 0 Å². The lowest BCUT2D eigenvalue weighted by atomic mass is 10.1. The first kappa shape index (κ1) is 15.5. The number of aliphatic carboxylic acids is 1. The number of carboxylic acid groups (broad SMARTS) is 1. The Morgan fingerprint density at radius 1 is 1.29 bits per heavy atom. The van der Waals surface area contributed by atoms with Crippen LogP contribution in [0.25, 0.3) is 0 Å². The van der Waals surface area contributed by atoms with Gasteiger partial charge in [-0.1, -0.05) is 12.1 Å². The van der Waals surface area contributed by atoms with E-state index in [0.29, 0.717) is 23.8 Å². The van der Waals surface area contributed by atoms with Gasteiger partial charge in [0.25, 0.3) is 5.91 Å². The van der Waals surface area contributed by atoms with Gasteiger partial charge in [0.1, 0.15) is 6.10 Å². The first-order chi connectivity index (χ1) is 10.1. The fourth-order valence-electron chi connectivity index (χ4n) is 1.91. The van der Waals surface area contributed by atoms with Gasteiger partial charge >= 0.3 is 5.97 Å². The number of rotatable bonds is 6. The Kier molecular flexibility index (Phi) is 5.32. The molecule has 2 N–H and O–H groups in total. The summed E-state index contributed by atoms with van der Waals surface area (Å²) in [7, 11) is 0. The topological polar surface area (TPSA) is 84.9 Å². The molecule has 0 saturated heterocycles. The van der Waals surface area contributed by atoms with Gasteiger partial charge in [0.2, 0.25) is 6.10 Å². The second-order valence-corrected chi connectivity index (χ2v) is 5.65. The highest BCUT2D eigenvalue weighted by Gasteiger charge is 2.33. The first-order valence-corrected chi connectivity index (χ1v) is 7.73. The summed E-state index contributed by atoms with van der Waals surface area (Å²) < 4.78 is 11.3. The van der Waals surface area contributed by atoms with Crippen molar-refractivity contribution in [3.05, 3.63) is 24.3 Å². The van der Waals surface area contributed by atoms with Crippen LogP contribution in [0.1, 0.15) is 6.92 Å². The van der Waals surface area contributed by atoms with Crippen LogP contribution in [0.4, 0.5) is 0 Å². The molecular weight excluding hydrogens is 294 g/mol. The van der Waals surface area contributed by atoms with Gasteiger partial charge in [0.05, 0.1) is 5.75 Å². The molecule has 1 aromatic carbocycles. The quantitative estimate of drug-likeness (QED) is 0.767. The predicted molar refractivity (Wildman–Crippen MR) is 78.9 cm³/mol. The summed E-state index contributed by atoms with van der Waals surface area (Å²) >= 11 is 1.25. The van der Waals surface area contributed by atoms with Crippen molar-refractivity contribution in [2.24, 2.45) is 0 Å². The van der Waals surface area contributed by atoms with E-state index in [4.69, 9.17) is 14.6 Å². The van der Waals surface area contributed by atoms with Crippen molar-refractivity contribution in [3.8, 4) is 11.5 Å². The van der Waals surface area contributed by atoms with Gasteiger partial charge in [0.15, 0.2) is 11.5 Å². The number of benzene rings is 1. The van der Waals surface area contributed by atoms with Crippen molar-refractivity contribution in [3.63, 3.8) is 0 Å². The van der Waals surface area contributed by atoms with Crippen molar-refractivity contribution in [1.29, 1.82) is 0 Å². The van der Waals surface area contributed by atoms with Crippen LogP contribution in [0.5, 0.6) is 11.5 Å². The minimum absolute atomic E-state index is 0.0304. The maximum absolute atomic E-state index is 12.1. The SMILES string of the molecule is CC1Oc2ccccc2OC1C(=O)NCCSCC(=O)O. The lowest BCUT2D eigenvalue weighted by Crippen LogP contribution is -2.49. The lowest BCUT2D eigenvalue weighted by molar-refractivity contribution is -0.134. The molecule has 1 aliphatic rings. The summed E-state index contributed by atoms with van der Waals surface area (Å²) in [6.07, 6.45) is -1.09. The third-order valence-electron chi connectivity index (χ3n) is 2.87. The molecule has 1 aromatic rings. The number of ether oxygens (including phenoxy) is 2. The summed E-state index contributed by atoms with van der Waals surface area (Å²) in [5, 5.41) is 11.2. The molecule has 0 aliphatic carbocycles. The monoisotopic (exact) mass is 311 g/mol. The van der Waals surface area contributed by atoms with E-state index in [1.54, 1.807) is 19.1 Å². The molecule has 1 aliphatic heterocycles. The Morgan fingerprint density at radius 2 is 1.95 bits per heavy atom. The lowest BCUT2D eigenvalue weighted by Gasteiger charge is -2.30. The number of fused-ring (bicyclic) bond motifs is 1. The number of amides is 1. The second-order valence-electron chi connectivity index (χ2n) is 4.55. The number of nitrogens with one attached hydrogen (secondary N) is 1. The molecule has 1 amide bonds. The van der Waals surface area contributed by atoms with Crippen LogP contribution in [-0.4, -0.2) is 47.2 Å². The van der Waals surface area contributed by atoms with Crippen LogP contribution >= 0.6 is 11.8 Å². The summed E-state index contributed by atoms with van der Waals surface area (Å²) in [5.74, 6) is 0.634. The van der Waals surface area contributed by atoms with Crippen molar-refractivity contribution in [2.75, 3.05) is 18.1 Å². The van der Waals surface area contributed by atoms with E-state index in [-0.39, 0.29) is 17.8 Å². The van der Waals surface area contributed by atoms with Gasteiger partial charge in [-0.05, 0) is 19.1 Å². The molecule has 7 heteroatoms. The van der Waals surface area contributed by atoms with Crippen molar-refractivity contribution in [1.82, 2.24) is 5.32 Å². The summed E-state index contributed by atoms with van der Waals surface area (Å²) in [6.45, 7) is 2.17. The molecule has 0 bridgehead atoms. The first-order valence-electron chi connectivity index (χ1n) is 6.57. The van der Waals surface area contributed by atoms with E-state index in [2.05, 4.69) is 5.32 Å². The van der Waals surface area contributed by atoms with Gasteiger partial charge in [-0.25, -0.2) is 0 Å². The van der Waals surface area contributed by atoms with Crippen LogP contribution in [-0.2, 0) is 9.59 Å². The second kappa shape index (κ2) is 7.21. The summed E-state index contributed by atoms with van der Waals surface area (Å²) in [4.78, 5) is 22.4. The number of para-hydroxylation sites is 2. The molecule has 0 saturated carbocycles. The predicted octanol–water partition coefficient (Wildman–Crippen LogP) is 1.15. The van der Waals surface area contributed by atoms with Gasteiger partial charge < -0.3 is 19.9 Å². The zero-order chi connectivity index (χ0) is 15.2. The average Bonchev–Trinajstić information content (AvgIpc) is 2.45. The third-order valence-corrected chi connectivity index (χ3v) is 3.82. The third kappa shape index (κ3) is 4.29. The molecule has 21 heavy (non-hydrogen) atoms. The average molecular weight is 311 g/mol. The zero-order valence-electron chi connectivity index (χ0n) is 11.6. The Hall–Kier alpha value is -1.89. The van der Waals surface area contributed by atoms with Crippen LogP contribution in [0.2, 0.25) is 0 Å². The van der Waals surface area contributed by atoms with E-state index in [1.165, 1.54) is 11.8 Å². The molecule has 1 heterocycles. The van der Waals surface area contributed by atoms with Gasteiger partial charge in [0, 0.05) is 12.3 Å². The highest BCUT2D eigenvalue weighted by Crippen LogP contribution is 2.33. The Labute approximate surface area is 126 Å². The van der Waals surface area contributed by atoms with Crippen LogP contribution < -0.4 is 14.8 Å². The number of carbonyl (C=O) groups is 2. The molecule has 114 valence electrons. The van der Waals surface area contributed by atoms with Crippen molar-refractivity contribution in [2.45, 2.75) is 19.1 Å². The Morgan fingerprint density at radius 3 is 2.62 bits per heavy atom. The van der Waals surface area contributed by atoms with Gasteiger partial charge in [-0.2, -0.15) is 0 Å². The molecule has 0 radical (unpaired) electrons. The van der Waals surface area contributed by atoms with E-state index in [0.717, 1.165) is 0 Å². The van der Waals surface area contributed by atoms with Crippen molar-refractivity contribution < 1.29 is 24.2 Å². The fraction of sp³-hybridized carbons (Fsp3) is 0.429. The molecule has 0 fully saturated rings. The number of thioether (sulfide) groups is 1. The summed E-state index contributed by atoms with van der Waals surface area (Å²) in [5.41, 5.74) is 0. The van der Waals surface area contributed by atoms with Crippen LogP contribution in [0.3, 0.4) is 0 Å². The number of carboxylic acids is 1. The van der Waals surface area contributed by atoms with E-state index in [1.807, 2.05) is 12.1 Å². The van der Waals surface area contributed by atoms with Crippen LogP contribution in [0.15, 0.2) is 24.3 Å². The normalized spacial score (nSPS) is 19.9. The maximum atomic E-state index is 12.1. The largest absolute Gasteiger partial charge is 0.482 e. The molecule has 2 atom stereocenters. The summed E-state index contributed by atoms with van der Waals surface area (Å²) in [6, 6.07) is 7.21. The highest BCUT2D eigenvalue weighted by molar-refractivity contribution is 7.99. The zero-order valence-corrected chi connectivity index (χ0v) is 12.4. The van der Waals surface area contributed by atoms with E-state index < -0.39 is 12.1 Å². The highest BCUT2D eigenvalue weighted by atomic mass is 32.2. The molecule has 2 unspecified atom stereocenters. The van der Waals surface area contributed by atoms with Gasteiger partial charge in [-0.15, -0.1) is 11.8 Å². The Balaban J connectivity index is 1.82. The minimum Gasteiger partial charge on any atom is -0.482 e. The molecule has 0 aromatic heterocycles. The number of hydrogen-bond acceptors (Lipinski definition) is 5. The van der Waals surface area contributed by atoms with Gasteiger partial charge in [-0.3, -0.25) is 9.59 Å². The maximum Gasteiger partial charge on any atom is 0.313 e. The smallest absolute Gasteiger partial charge is 0.313 e. The molecule has 6 nitrogen and oxygen atoms in total. The fourth-order valence-corrected chi connectivity index (χ4v) is 2.48. The van der Waals surface area contributed by atoms with E-state index in [9.17, 15) is 9.59 Å².